The molecule has 2 saturated carbocycles. The molecule has 0 radical (unpaired) electrons. The van der Waals surface area contributed by atoms with Crippen molar-refractivity contribution in [1.82, 2.24) is 0 Å². The van der Waals surface area contributed by atoms with Gasteiger partial charge in [-0.05, 0) is 100 Å². The first-order chi connectivity index (χ1) is 21.4. The Bertz CT molecular complexity index is 844. The first-order valence-electron chi connectivity index (χ1n) is 18.2. The molecule has 6 heteroatoms. The Hall–Kier alpha value is -1.98. The fourth-order valence-electron chi connectivity index (χ4n) is 6.99. The van der Waals surface area contributed by atoms with Crippen LogP contribution in [0.15, 0.2) is 24.3 Å². The van der Waals surface area contributed by atoms with Crippen molar-refractivity contribution in [2.75, 3.05) is 0 Å². The number of ether oxygens (including phenoxy) is 2. The second-order valence-corrected chi connectivity index (χ2v) is 13.5. The number of alkyl halides is 2. The molecule has 3 rings (SSSR count). The SMILES string of the molecule is CCCCCCCC[C@H](F)C(=O)O[C@H]1CC[C@H](c2ccc([C@H]3CC[C@H](OC(=O)[C@@H](F)CCCCCCCC)CC3)cc2)CC1. The van der Waals surface area contributed by atoms with Gasteiger partial charge < -0.3 is 9.47 Å². The summed E-state index contributed by atoms with van der Waals surface area (Å²) in [5, 5.41) is 0. The molecule has 2 aliphatic rings. The van der Waals surface area contributed by atoms with Crippen molar-refractivity contribution < 1.29 is 27.8 Å². The molecule has 0 amide bonds. The van der Waals surface area contributed by atoms with E-state index in [2.05, 4.69) is 38.1 Å². The molecular weight excluding hydrogens is 558 g/mol. The van der Waals surface area contributed by atoms with Crippen LogP contribution in [-0.2, 0) is 19.1 Å². The predicted octanol–water partition coefficient (Wildman–Crippen LogP) is 11.0. The van der Waals surface area contributed by atoms with E-state index in [1.807, 2.05) is 0 Å². The number of carbonyl (C=O) groups excluding carboxylic acids is 2. The van der Waals surface area contributed by atoms with Gasteiger partial charge in [0, 0.05) is 0 Å². The molecule has 0 N–H and O–H groups in total. The van der Waals surface area contributed by atoms with Crippen LogP contribution in [-0.4, -0.2) is 36.5 Å². The number of halogens is 2. The number of carbonyl (C=O) groups is 2. The van der Waals surface area contributed by atoms with E-state index in [1.165, 1.54) is 49.7 Å². The average Bonchev–Trinajstić information content (AvgIpc) is 3.05. The first-order valence-corrected chi connectivity index (χ1v) is 18.2. The maximum Gasteiger partial charge on any atom is 0.340 e. The summed E-state index contributed by atoms with van der Waals surface area (Å²) in [5.74, 6) is -0.478. The summed E-state index contributed by atoms with van der Waals surface area (Å²) in [6, 6.07) is 8.91. The second-order valence-electron chi connectivity index (χ2n) is 13.5. The summed E-state index contributed by atoms with van der Waals surface area (Å²) >= 11 is 0. The Morgan fingerprint density at radius 1 is 0.568 bits per heavy atom. The highest BCUT2D eigenvalue weighted by Gasteiger charge is 2.30. The standard InChI is InChI=1S/C38H60F2O4/c1-3-5-7-9-11-13-15-35(39)37(41)43-33-25-21-31(22-26-33)29-17-19-30(20-18-29)32-23-27-34(28-24-32)44-38(42)36(40)16-14-12-10-8-6-4-2/h17-20,31-36H,3-16,21-28H2,1-2H3/t31-,32-,33-,34-,35-,36-/m0/s1. The first kappa shape index (κ1) is 36.5. The van der Waals surface area contributed by atoms with Crippen LogP contribution in [0.25, 0.3) is 0 Å². The van der Waals surface area contributed by atoms with Crippen LogP contribution in [0.5, 0.6) is 0 Å². The molecule has 2 aliphatic carbocycles. The molecule has 0 aliphatic heterocycles. The minimum absolute atomic E-state index is 0.173. The molecule has 0 saturated heterocycles. The zero-order chi connectivity index (χ0) is 31.6. The van der Waals surface area contributed by atoms with Gasteiger partial charge in [-0.3, -0.25) is 0 Å². The van der Waals surface area contributed by atoms with Crippen LogP contribution in [0.4, 0.5) is 8.78 Å². The number of hydrogen-bond donors (Lipinski definition) is 0. The van der Waals surface area contributed by atoms with Crippen molar-refractivity contribution in [2.45, 2.75) is 191 Å². The van der Waals surface area contributed by atoms with Crippen molar-refractivity contribution in [2.24, 2.45) is 0 Å². The fraction of sp³-hybridized carbons (Fsp3) is 0.789. The summed E-state index contributed by atoms with van der Waals surface area (Å²) < 4.78 is 39.8. The van der Waals surface area contributed by atoms with Crippen molar-refractivity contribution in [3.63, 3.8) is 0 Å². The zero-order valence-corrected chi connectivity index (χ0v) is 27.7. The molecule has 2 atom stereocenters. The van der Waals surface area contributed by atoms with Gasteiger partial charge in [0.25, 0.3) is 0 Å². The topological polar surface area (TPSA) is 52.6 Å². The van der Waals surface area contributed by atoms with Crippen LogP contribution in [0.3, 0.4) is 0 Å². The van der Waals surface area contributed by atoms with Gasteiger partial charge in [-0.25, -0.2) is 18.4 Å². The van der Waals surface area contributed by atoms with Crippen LogP contribution >= 0.6 is 0 Å². The third-order valence-corrected chi connectivity index (χ3v) is 9.93. The quantitative estimate of drug-likeness (QED) is 0.108. The van der Waals surface area contributed by atoms with E-state index >= 15 is 0 Å². The van der Waals surface area contributed by atoms with Gasteiger partial charge in [-0.15, -0.1) is 0 Å². The zero-order valence-electron chi connectivity index (χ0n) is 27.7. The normalized spacial score (nSPS) is 23.5. The highest BCUT2D eigenvalue weighted by atomic mass is 19.1. The Morgan fingerprint density at radius 2 is 0.886 bits per heavy atom. The third-order valence-electron chi connectivity index (χ3n) is 9.93. The summed E-state index contributed by atoms with van der Waals surface area (Å²) in [5.41, 5.74) is 2.62. The Morgan fingerprint density at radius 3 is 1.23 bits per heavy atom. The second kappa shape index (κ2) is 20.9. The van der Waals surface area contributed by atoms with Gasteiger partial charge in [0.1, 0.15) is 12.2 Å². The van der Waals surface area contributed by atoms with Crippen LogP contribution < -0.4 is 0 Å². The minimum Gasteiger partial charge on any atom is -0.460 e. The van der Waals surface area contributed by atoms with Crippen LogP contribution in [0.2, 0.25) is 0 Å². The van der Waals surface area contributed by atoms with Crippen molar-refractivity contribution in [3.05, 3.63) is 35.4 Å². The Kier molecular flexibility index (Phi) is 17.4. The molecule has 4 nitrogen and oxygen atoms in total. The number of hydrogen-bond acceptors (Lipinski definition) is 4. The van der Waals surface area contributed by atoms with Gasteiger partial charge in [0.2, 0.25) is 0 Å². The number of rotatable bonds is 20. The lowest BCUT2D eigenvalue weighted by molar-refractivity contribution is -0.157. The summed E-state index contributed by atoms with van der Waals surface area (Å²) in [6.07, 6.45) is 17.0. The van der Waals surface area contributed by atoms with E-state index in [1.54, 1.807) is 0 Å². The van der Waals surface area contributed by atoms with E-state index in [0.29, 0.717) is 11.8 Å². The predicted molar refractivity (Wildman–Crippen MR) is 174 cm³/mol. The average molecular weight is 619 g/mol. The molecule has 0 unspecified atom stereocenters. The summed E-state index contributed by atoms with van der Waals surface area (Å²) in [7, 11) is 0. The van der Waals surface area contributed by atoms with Crippen molar-refractivity contribution in [3.8, 4) is 0 Å². The largest absolute Gasteiger partial charge is 0.460 e. The maximum atomic E-state index is 14.3. The van der Waals surface area contributed by atoms with E-state index in [4.69, 9.17) is 9.47 Å². The number of benzene rings is 1. The van der Waals surface area contributed by atoms with Crippen molar-refractivity contribution in [1.29, 1.82) is 0 Å². The molecule has 2 fully saturated rings. The molecule has 250 valence electrons. The molecule has 0 heterocycles. The maximum absolute atomic E-state index is 14.3. The van der Waals surface area contributed by atoms with Gasteiger partial charge in [0.05, 0.1) is 0 Å². The van der Waals surface area contributed by atoms with E-state index in [0.717, 1.165) is 89.9 Å². The molecule has 44 heavy (non-hydrogen) atoms. The highest BCUT2D eigenvalue weighted by molar-refractivity contribution is 5.75. The number of esters is 2. The highest BCUT2D eigenvalue weighted by Crippen LogP contribution is 2.38. The van der Waals surface area contributed by atoms with Gasteiger partial charge in [-0.2, -0.15) is 0 Å². The van der Waals surface area contributed by atoms with Crippen LogP contribution in [0, 0.1) is 0 Å². The molecule has 1 aromatic carbocycles. The van der Waals surface area contributed by atoms with Gasteiger partial charge in [-0.1, -0.05) is 102 Å². The minimum atomic E-state index is -1.50. The van der Waals surface area contributed by atoms with E-state index in [-0.39, 0.29) is 25.0 Å². The lowest BCUT2D eigenvalue weighted by Gasteiger charge is -2.30. The summed E-state index contributed by atoms with van der Waals surface area (Å²) in [4.78, 5) is 24.5. The van der Waals surface area contributed by atoms with E-state index < -0.39 is 24.3 Å². The molecular formula is C38H60F2O4. The lowest BCUT2D eigenvalue weighted by Crippen LogP contribution is -2.28. The number of unbranched alkanes of at least 4 members (excludes halogenated alkanes) is 10. The lowest BCUT2D eigenvalue weighted by atomic mass is 9.80. The van der Waals surface area contributed by atoms with Gasteiger partial charge in [0.15, 0.2) is 12.3 Å². The molecule has 0 bridgehead atoms. The van der Waals surface area contributed by atoms with Crippen LogP contribution in [0.1, 0.15) is 178 Å². The fourth-order valence-corrected chi connectivity index (χ4v) is 6.99. The monoisotopic (exact) mass is 618 g/mol. The summed E-state index contributed by atoms with van der Waals surface area (Å²) in [6.45, 7) is 4.35. The Labute approximate surface area is 266 Å². The molecule has 0 aromatic heterocycles. The van der Waals surface area contributed by atoms with Gasteiger partial charge >= 0.3 is 11.9 Å². The smallest absolute Gasteiger partial charge is 0.340 e. The Balaban J connectivity index is 1.30. The molecule has 1 aromatic rings. The molecule has 0 spiro atoms. The van der Waals surface area contributed by atoms with Crippen molar-refractivity contribution >= 4 is 11.9 Å². The third kappa shape index (κ3) is 13.2. The van der Waals surface area contributed by atoms with E-state index in [9.17, 15) is 18.4 Å².